The van der Waals surface area contributed by atoms with Gasteiger partial charge in [-0.3, -0.25) is 9.52 Å². The van der Waals surface area contributed by atoms with Crippen molar-refractivity contribution in [2.24, 2.45) is 0 Å². The summed E-state index contributed by atoms with van der Waals surface area (Å²) in [5.41, 5.74) is 1.58. The number of carbonyl (C=O) groups is 1. The van der Waals surface area contributed by atoms with Crippen molar-refractivity contribution >= 4 is 44.6 Å². The molecule has 3 N–H and O–H groups in total. The van der Waals surface area contributed by atoms with Gasteiger partial charge in [0.15, 0.2) is 4.90 Å². The van der Waals surface area contributed by atoms with E-state index in [2.05, 4.69) is 15.0 Å². The van der Waals surface area contributed by atoms with Crippen LogP contribution in [0.15, 0.2) is 65.7 Å². The third kappa shape index (κ3) is 5.24. The quantitative estimate of drug-likeness (QED) is 0.450. The van der Waals surface area contributed by atoms with Crippen LogP contribution in [0, 0.1) is 0 Å². The third-order valence-corrected chi connectivity index (χ3v) is 6.94. The summed E-state index contributed by atoms with van der Waals surface area (Å²) < 4.78 is 33.5. The number of halogens is 1. The fraction of sp³-hybridized carbons (Fsp3) is 0.217. The van der Waals surface area contributed by atoms with Gasteiger partial charge in [0.05, 0.1) is 19.0 Å². The van der Waals surface area contributed by atoms with Gasteiger partial charge in [0.1, 0.15) is 6.23 Å². The number of nitrogens with one attached hydrogen (secondary N) is 2. The molecule has 34 heavy (non-hydrogen) atoms. The zero-order valence-corrected chi connectivity index (χ0v) is 19.8. The van der Waals surface area contributed by atoms with E-state index in [0.29, 0.717) is 29.2 Å². The number of ether oxygens (including phenoxy) is 1. The molecule has 1 aromatic heterocycles. The molecule has 1 unspecified atom stereocenters. The minimum Gasteiger partial charge on any atom is -0.480 e. The van der Waals surface area contributed by atoms with Gasteiger partial charge in [-0.25, -0.2) is 13.4 Å². The van der Waals surface area contributed by atoms with E-state index in [1.54, 1.807) is 30.3 Å². The lowest BCUT2D eigenvalue weighted by molar-refractivity contribution is 0.102. The summed E-state index contributed by atoms with van der Waals surface area (Å²) in [6.07, 6.45) is 2.28. The van der Waals surface area contributed by atoms with Crippen LogP contribution in [-0.4, -0.2) is 44.3 Å². The molecule has 9 nitrogen and oxygen atoms in total. The zero-order chi connectivity index (χ0) is 24.3. The van der Waals surface area contributed by atoms with Crippen LogP contribution in [-0.2, 0) is 10.0 Å². The van der Waals surface area contributed by atoms with Gasteiger partial charge in [-0.15, -0.1) is 0 Å². The van der Waals surface area contributed by atoms with Crippen LogP contribution in [0.1, 0.15) is 23.2 Å². The number of methoxy groups -OCH3 is 1. The smallest absolute Gasteiger partial charge is 0.267 e. The predicted octanol–water partition coefficient (Wildman–Crippen LogP) is 3.72. The van der Waals surface area contributed by atoms with Gasteiger partial charge in [0, 0.05) is 28.5 Å². The number of rotatable bonds is 7. The maximum Gasteiger partial charge on any atom is 0.267 e. The van der Waals surface area contributed by atoms with Crippen LogP contribution in [0.5, 0.6) is 5.88 Å². The Morgan fingerprint density at radius 3 is 2.62 bits per heavy atom. The van der Waals surface area contributed by atoms with Crippen molar-refractivity contribution in [2.75, 3.05) is 28.6 Å². The highest BCUT2D eigenvalue weighted by molar-refractivity contribution is 7.92. The van der Waals surface area contributed by atoms with Crippen LogP contribution < -0.4 is 19.7 Å². The Labute approximate surface area is 202 Å². The lowest BCUT2D eigenvalue weighted by Gasteiger charge is -2.23. The molecule has 0 radical (unpaired) electrons. The first-order valence-corrected chi connectivity index (χ1v) is 12.3. The molecular formula is C23H23ClN4O5S. The van der Waals surface area contributed by atoms with Crippen molar-refractivity contribution in [2.45, 2.75) is 24.0 Å². The monoisotopic (exact) mass is 502 g/mol. The average Bonchev–Trinajstić information content (AvgIpc) is 3.26. The lowest BCUT2D eigenvalue weighted by atomic mass is 10.1. The third-order valence-electron chi connectivity index (χ3n) is 5.32. The molecule has 2 heterocycles. The second kappa shape index (κ2) is 9.88. The summed E-state index contributed by atoms with van der Waals surface area (Å²) in [6, 6.07) is 14.3. The maximum atomic E-state index is 13.0. The number of hydrogen-bond donors (Lipinski definition) is 3. The number of aromatic nitrogens is 1. The second-order valence-corrected chi connectivity index (χ2v) is 9.75. The first-order chi connectivity index (χ1) is 16.3. The molecular weight excluding hydrogens is 480 g/mol. The minimum absolute atomic E-state index is 0.121. The van der Waals surface area contributed by atoms with Crippen molar-refractivity contribution in [1.82, 2.24) is 4.98 Å². The van der Waals surface area contributed by atoms with Crippen LogP contribution in [0.2, 0.25) is 5.02 Å². The van der Waals surface area contributed by atoms with Gasteiger partial charge in [-0.1, -0.05) is 17.7 Å². The summed E-state index contributed by atoms with van der Waals surface area (Å²) in [5.74, 6) is -0.569. The Kier molecular flexibility index (Phi) is 6.92. The van der Waals surface area contributed by atoms with E-state index in [4.69, 9.17) is 16.3 Å². The van der Waals surface area contributed by atoms with Gasteiger partial charge < -0.3 is 20.1 Å². The molecule has 178 valence electrons. The highest BCUT2D eigenvalue weighted by Crippen LogP contribution is 2.28. The largest absolute Gasteiger partial charge is 0.480 e. The van der Waals surface area contributed by atoms with E-state index in [-0.39, 0.29) is 16.5 Å². The number of hydrogen-bond acceptors (Lipinski definition) is 7. The Bertz CT molecular complexity index is 1300. The molecule has 0 bridgehead atoms. The van der Waals surface area contributed by atoms with Crippen molar-refractivity contribution in [1.29, 1.82) is 0 Å². The van der Waals surface area contributed by atoms with Crippen LogP contribution in [0.3, 0.4) is 0 Å². The Morgan fingerprint density at radius 2 is 1.94 bits per heavy atom. The molecule has 1 aliphatic heterocycles. The lowest BCUT2D eigenvalue weighted by Crippen LogP contribution is -2.28. The van der Waals surface area contributed by atoms with Gasteiger partial charge in [0.25, 0.3) is 15.9 Å². The minimum atomic E-state index is -4.08. The Hall–Kier alpha value is -3.34. The summed E-state index contributed by atoms with van der Waals surface area (Å²) in [5, 5.41) is 13.3. The topological polar surface area (TPSA) is 121 Å². The summed E-state index contributed by atoms with van der Waals surface area (Å²) in [4.78, 5) is 18.5. The standard InChI is InChI=1S/C23H23ClN4O5S/c1-33-23-20(34(31,32)27-17-9-7-16(24)8-10-17)13-18(14-25-23)26-22(30)15-4-2-5-19(12-15)28-11-3-6-21(28)29/h2,4-5,7-10,12-14,21,27,29H,3,6,11H2,1H3,(H,26,30). The highest BCUT2D eigenvalue weighted by Gasteiger charge is 2.24. The van der Waals surface area contributed by atoms with Crippen LogP contribution in [0.4, 0.5) is 17.1 Å². The molecule has 1 aliphatic rings. The van der Waals surface area contributed by atoms with Crippen molar-refractivity contribution < 1.29 is 23.1 Å². The number of anilines is 3. The first kappa shape index (κ1) is 23.8. The molecule has 1 atom stereocenters. The summed E-state index contributed by atoms with van der Waals surface area (Å²) in [6.45, 7) is 0.705. The summed E-state index contributed by atoms with van der Waals surface area (Å²) in [7, 11) is -2.78. The van der Waals surface area contributed by atoms with Gasteiger partial charge in [0.2, 0.25) is 5.88 Å². The van der Waals surface area contributed by atoms with E-state index in [9.17, 15) is 18.3 Å². The van der Waals surface area contributed by atoms with Gasteiger partial charge in [-0.2, -0.15) is 0 Å². The van der Waals surface area contributed by atoms with E-state index in [0.717, 1.165) is 12.1 Å². The number of aliphatic hydroxyl groups excluding tert-OH is 1. The Balaban J connectivity index is 1.57. The molecule has 0 spiro atoms. The number of nitrogens with zero attached hydrogens (tertiary/aromatic N) is 2. The molecule has 11 heteroatoms. The molecule has 1 fully saturated rings. The number of aliphatic hydroxyl groups is 1. The number of amides is 1. The zero-order valence-electron chi connectivity index (χ0n) is 18.2. The van der Waals surface area contributed by atoms with Crippen LogP contribution >= 0.6 is 11.6 Å². The molecule has 2 aromatic carbocycles. The molecule has 1 amide bonds. The first-order valence-electron chi connectivity index (χ1n) is 10.5. The summed E-state index contributed by atoms with van der Waals surface area (Å²) >= 11 is 5.86. The Morgan fingerprint density at radius 1 is 1.18 bits per heavy atom. The maximum absolute atomic E-state index is 13.0. The average molecular weight is 503 g/mol. The molecule has 0 aliphatic carbocycles. The molecule has 4 rings (SSSR count). The fourth-order valence-corrected chi connectivity index (χ4v) is 4.98. The van der Waals surface area contributed by atoms with Gasteiger partial charge in [-0.05, 0) is 61.4 Å². The number of benzene rings is 2. The SMILES string of the molecule is COc1ncc(NC(=O)c2cccc(N3CCCC3O)c2)cc1S(=O)(=O)Nc1ccc(Cl)cc1. The van der Waals surface area contributed by atoms with E-state index < -0.39 is 22.2 Å². The second-order valence-electron chi connectivity index (χ2n) is 7.66. The van der Waals surface area contributed by atoms with Crippen molar-refractivity contribution in [3.63, 3.8) is 0 Å². The van der Waals surface area contributed by atoms with E-state index in [1.807, 2.05) is 11.0 Å². The highest BCUT2D eigenvalue weighted by atomic mass is 35.5. The number of carbonyl (C=O) groups excluding carboxylic acids is 1. The van der Waals surface area contributed by atoms with Crippen molar-refractivity contribution in [3.8, 4) is 5.88 Å². The molecule has 0 saturated carbocycles. The van der Waals surface area contributed by atoms with Gasteiger partial charge >= 0.3 is 0 Å². The fourth-order valence-electron chi connectivity index (χ4n) is 3.65. The van der Waals surface area contributed by atoms with E-state index in [1.165, 1.54) is 31.5 Å². The number of sulfonamides is 1. The van der Waals surface area contributed by atoms with E-state index >= 15 is 0 Å². The van der Waals surface area contributed by atoms with Crippen LogP contribution in [0.25, 0.3) is 0 Å². The normalized spacial score (nSPS) is 15.7. The molecule has 1 saturated heterocycles. The number of pyridine rings is 1. The molecule has 3 aromatic rings. The van der Waals surface area contributed by atoms with Crippen molar-refractivity contribution in [3.05, 3.63) is 71.4 Å². The predicted molar refractivity (Wildman–Crippen MR) is 130 cm³/mol.